The highest BCUT2D eigenvalue weighted by Gasteiger charge is 2.19. The lowest BCUT2D eigenvalue weighted by Crippen LogP contribution is -2.30. The van der Waals surface area contributed by atoms with Crippen molar-refractivity contribution in [3.05, 3.63) is 182 Å². The Bertz CT molecular complexity index is 1870. The van der Waals surface area contributed by atoms with Crippen LogP contribution in [0.15, 0.2) is 182 Å². The first-order chi connectivity index (χ1) is 39.0. The Morgan fingerprint density at radius 1 is 0.266 bits per heavy atom. The maximum Gasteiger partial charge on any atom is 0.306 e. The molecule has 0 aromatic heterocycles. The second-order valence-electron chi connectivity index (χ2n) is 19.8. The van der Waals surface area contributed by atoms with Gasteiger partial charge in [0.2, 0.25) is 0 Å². The fourth-order valence-corrected chi connectivity index (χ4v) is 7.78. The summed E-state index contributed by atoms with van der Waals surface area (Å²) in [6, 6.07) is 0. The van der Waals surface area contributed by atoms with E-state index < -0.39 is 12.1 Å². The lowest BCUT2D eigenvalue weighted by molar-refractivity contribution is -0.166. The number of carbonyl (C=O) groups is 3. The number of esters is 3. The predicted molar refractivity (Wildman–Crippen MR) is 343 cm³/mol. The minimum atomic E-state index is -0.840. The Kier molecular flexibility index (Phi) is 60.5. The van der Waals surface area contributed by atoms with Gasteiger partial charge in [0, 0.05) is 19.3 Å². The first-order valence-corrected chi connectivity index (χ1v) is 31.3. The average molecular weight is 1090 g/mol. The Morgan fingerprint density at radius 2 is 0.519 bits per heavy atom. The highest BCUT2D eigenvalue weighted by Crippen LogP contribution is 2.13. The van der Waals surface area contributed by atoms with Crippen LogP contribution in [0.1, 0.15) is 239 Å². The second-order valence-corrected chi connectivity index (χ2v) is 19.8. The summed E-state index contributed by atoms with van der Waals surface area (Å²) in [6.45, 7) is 6.25. The molecular weight excluding hydrogens is 973 g/mol. The van der Waals surface area contributed by atoms with Crippen molar-refractivity contribution in [2.45, 2.75) is 245 Å². The monoisotopic (exact) mass is 1080 g/mol. The number of hydrogen-bond donors (Lipinski definition) is 0. The van der Waals surface area contributed by atoms with Gasteiger partial charge < -0.3 is 14.2 Å². The van der Waals surface area contributed by atoms with Crippen molar-refractivity contribution in [2.75, 3.05) is 13.2 Å². The van der Waals surface area contributed by atoms with Gasteiger partial charge in [-0.3, -0.25) is 14.4 Å². The summed E-state index contributed by atoms with van der Waals surface area (Å²) in [4.78, 5) is 38.2. The van der Waals surface area contributed by atoms with E-state index in [1.54, 1.807) is 0 Å². The molecule has 0 aliphatic heterocycles. The predicted octanol–water partition coefficient (Wildman–Crippen LogP) is 21.7. The van der Waals surface area contributed by atoms with E-state index in [0.29, 0.717) is 19.3 Å². The SMILES string of the molecule is CC/C=C\C/C=C\C/C=C\C/C=C\C/C=C\C/C=C\C/C=C\CCCCCCCCCC(=O)OCC(COC(=O)CCCCCCC/C=C\C/C=C\CCC)OC(=O)CC/C=C\C/C=C\C/C=C\C/C=C\C/C=C\C/C=C\CC. The normalized spacial score (nSPS) is 13.4. The summed E-state index contributed by atoms with van der Waals surface area (Å²) in [5, 5.41) is 0. The zero-order valence-electron chi connectivity index (χ0n) is 50.3. The minimum absolute atomic E-state index is 0.128. The summed E-state index contributed by atoms with van der Waals surface area (Å²) in [5.41, 5.74) is 0. The number of carbonyl (C=O) groups excluding carboxylic acids is 3. The molecule has 0 radical (unpaired) electrons. The summed E-state index contributed by atoms with van der Waals surface area (Å²) < 4.78 is 16.8. The van der Waals surface area contributed by atoms with Gasteiger partial charge in [-0.2, -0.15) is 0 Å². The van der Waals surface area contributed by atoms with E-state index in [-0.39, 0.29) is 31.6 Å². The Morgan fingerprint density at radius 3 is 0.823 bits per heavy atom. The van der Waals surface area contributed by atoms with Crippen molar-refractivity contribution in [2.24, 2.45) is 0 Å². The van der Waals surface area contributed by atoms with Gasteiger partial charge in [0.1, 0.15) is 13.2 Å². The second kappa shape index (κ2) is 65.0. The van der Waals surface area contributed by atoms with Crippen molar-refractivity contribution < 1.29 is 28.6 Å². The lowest BCUT2D eigenvalue weighted by atomic mass is 10.1. The molecule has 6 heteroatoms. The van der Waals surface area contributed by atoms with E-state index in [0.717, 1.165) is 167 Å². The van der Waals surface area contributed by atoms with E-state index in [1.165, 1.54) is 25.7 Å². The molecule has 0 aliphatic carbocycles. The van der Waals surface area contributed by atoms with Crippen LogP contribution in [0.2, 0.25) is 0 Å². The first-order valence-electron chi connectivity index (χ1n) is 31.3. The van der Waals surface area contributed by atoms with Crippen LogP contribution in [0.5, 0.6) is 0 Å². The third kappa shape index (κ3) is 63.2. The summed E-state index contributed by atoms with van der Waals surface area (Å²) in [5.74, 6) is -1.05. The van der Waals surface area contributed by atoms with E-state index in [1.807, 2.05) is 12.2 Å². The molecule has 0 heterocycles. The van der Waals surface area contributed by atoms with Crippen LogP contribution in [0, 0.1) is 0 Å². The molecule has 0 bridgehead atoms. The molecule has 0 spiro atoms. The van der Waals surface area contributed by atoms with Gasteiger partial charge in [-0.05, 0) is 141 Å². The molecule has 79 heavy (non-hydrogen) atoms. The Labute approximate surface area is 484 Å². The van der Waals surface area contributed by atoms with Crippen molar-refractivity contribution in [1.82, 2.24) is 0 Å². The molecule has 6 nitrogen and oxygen atoms in total. The number of rotatable bonds is 54. The minimum Gasteiger partial charge on any atom is -0.462 e. The number of unbranched alkanes of at least 4 members (excludes halogenated alkanes) is 13. The van der Waals surface area contributed by atoms with Crippen LogP contribution in [0.3, 0.4) is 0 Å². The molecule has 0 aromatic rings. The molecule has 0 aliphatic rings. The molecule has 0 amide bonds. The lowest BCUT2D eigenvalue weighted by Gasteiger charge is -2.18. The smallest absolute Gasteiger partial charge is 0.306 e. The van der Waals surface area contributed by atoms with Crippen LogP contribution in [0.4, 0.5) is 0 Å². The van der Waals surface area contributed by atoms with Crippen LogP contribution < -0.4 is 0 Å². The third-order valence-corrected chi connectivity index (χ3v) is 12.4. The zero-order valence-corrected chi connectivity index (χ0v) is 50.3. The number of ether oxygens (including phenoxy) is 3. The molecule has 0 rings (SSSR count). The van der Waals surface area contributed by atoms with Gasteiger partial charge in [0.05, 0.1) is 0 Å². The van der Waals surface area contributed by atoms with Crippen LogP contribution in [-0.4, -0.2) is 37.2 Å². The topological polar surface area (TPSA) is 78.9 Å². The van der Waals surface area contributed by atoms with Crippen molar-refractivity contribution in [3.63, 3.8) is 0 Å². The van der Waals surface area contributed by atoms with Gasteiger partial charge in [-0.15, -0.1) is 0 Å². The van der Waals surface area contributed by atoms with Gasteiger partial charge in [0.25, 0.3) is 0 Å². The molecule has 0 fully saturated rings. The standard InChI is InChI=1S/C73H112O6/c1-4-7-10-13-16-19-22-25-27-29-31-32-33-34-35-36-37-38-39-40-42-43-45-48-51-54-57-60-63-66-72(75)78-69-70(68-77-71(74)65-62-59-56-53-50-47-24-21-18-15-12-9-6-3)79-73(76)67-64-61-58-55-52-49-46-44-41-30-28-26-23-20-17-14-11-8-5-2/h7-8,10-12,15-17,19-21,24-28,31-32,34-35,37-38,40-42,44,49,52,58,61,70H,4-6,9,13-14,18,22-23,29-30,33,36,39,43,45-48,50-51,53-57,59-60,62-69H2,1-3H3/b10-7-,11-8-,15-12-,19-16-,20-17-,24-21-,27-25-,28-26-,32-31-,35-34-,38-37-,42-40-,44-41-,52-49-,61-58-. The Balaban J connectivity index is 4.47. The van der Waals surface area contributed by atoms with E-state index in [4.69, 9.17) is 14.2 Å². The fraction of sp³-hybridized carbons (Fsp3) is 0.548. The van der Waals surface area contributed by atoms with E-state index in [9.17, 15) is 14.4 Å². The fourth-order valence-electron chi connectivity index (χ4n) is 7.78. The molecular formula is C73H112O6. The van der Waals surface area contributed by atoms with E-state index in [2.05, 4.69) is 191 Å². The van der Waals surface area contributed by atoms with E-state index >= 15 is 0 Å². The summed E-state index contributed by atoms with van der Waals surface area (Å²) >= 11 is 0. The molecule has 440 valence electrons. The van der Waals surface area contributed by atoms with Gasteiger partial charge >= 0.3 is 17.9 Å². The van der Waals surface area contributed by atoms with Crippen molar-refractivity contribution in [1.29, 1.82) is 0 Å². The van der Waals surface area contributed by atoms with Crippen LogP contribution >= 0.6 is 0 Å². The highest BCUT2D eigenvalue weighted by atomic mass is 16.6. The molecule has 0 saturated carbocycles. The number of allylic oxidation sites excluding steroid dienone is 30. The maximum atomic E-state index is 12.9. The quantitative estimate of drug-likeness (QED) is 0.0261. The molecule has 0 saturated heterocycles. The largest absolute Gasteiger partial charge is 0.462 e. The van der Waals surface area contributed by atoms with Crippen molar-refractivity contribution >= 4 is 17.9 Å². The number of hydrogen-bond acceptors (Lipinski definition) is 6. The molecule has 0 aromatic carbocycles. The molecule has 0 N–H and O–H groups in total. The third-order valence-electron chi connectivity index (χ3n) is 12.4. The maximum absolute atomic E-state index is 12.9. The van der Waals surface area contributed by atoms with Gasteiger partial charge in [-0.1, -0.05) is 261 Å². The van der Waals surface area contributed by atoms with Gasteiger partial charge in [0.15, 0.2) is 6.10 Å². The molecule has 1 unspecified atom stereocenters. The Hall–Kier alpha value is -5.49. The zero-order chi connectivity index (χ0) is 57.1. The van der Waals surface area contributed by atoms with Crippen LogP contribution in [0.25, 0.3) is 0 Å². The van der Waals surface area contributed by atoms with Gasteiger partial charge in [-0.25, -0.2) is 0 Å². The highest BCUT2D eigenvalue weighted by molar-refractivity contribution is 5.71. The summed E-state index contributed by atoms with van der Waals surface area (Å²) in [6.07, 6.45) is 97.6. The first kappa shape index (κ1) is 73.5. The average Bonchev–Trinajstić information content (AvgIpc) is 3.45. The van der Waals surface area contributed by atoms with Crippen LogP contribution in [-0.2, 0) is 28.6 Å². The molecule has 1 atom stereocenters. The summed E-state index contributed by atoms with van der Waals surface area (Å²) in [7, 11) is 0. The van der Waals surface area contributed by atoms with Crippen molar-refractivity contribution in [3.8, 4) is 0 Å².